The molecule has 0 radical (unpaired) electrons. The monoisotopic (exact) mass is 444 g/mol. The number of hydrogen-bond donors (Lipinski definition) is 1. The van der Waals surface area contributed by atoms with Crippen molar-refractivity contribution in [3.8, 4) is 11.5 Å². The van der Waals surface area contributed by atoms with Crippen LogP contribution in [0.3, 0.4) is 0 Å². The van der Waals surface area contributed by atoms with Gasteiger partial charge in [0.1, 0.15) is 11.5 Å². The molecule has 1 aromatic heterocycles. The van der Waals surface area contributed by atoms with Crippen molar-refractivity contribution >= 4 is 33.2 Å². The molecule has 144 valence electrons. The number of benzene rings is 2. The molecule has 0 atom stereocenters. The van der Waals surface area contributed by atoms with E-state index in [0.29, 0.717) is 10.2 Å². The number of carbonyl (C=O) groups is 1. The zero-order valence-electron chi connectivity index (χ0n) is 15.4. The molecule has 0 aliphatic rings. The number of ether oxygens (including phenoxy) is 1. The molecule has 0 unspecified atom stereocenters. The summed E-state index contributed by atoms with van der Waals surface area (Å²) in [5, 5.41) is 18.0. The Balaban J connectivity index is 1.92. The molecule has 2 aromatic carbocycles. The smallest absolute Gasteiger partial charge is 0.277 e. The number of aryl methyl sites for hydroxylation is 3. The van der Waals surface area contributed by atoms with Crippen LogP contribution in [0.5, 0.6) is 11.5 Å². The van der Waals surface area contributed by atoms with Crippen molar-refractivity contribution in [1.82, 2.24) is 9.78 Å². The van der Waals surface area contributed by atoms with E-state index < -0.39 is 10.8 Å². The van der Waals surface area contributed by atoms with Crippen LogP contribution < -0.4 is 10.1 Å². The van der Waals surface area contributed by atoms with Gasteiger partial charge in [-0.2, -0.15) is 5.10 Å². The highest BCUT2D eigenvalue weighted by Crippen LogP contribution is 2.31. The van der Waals surface area contributed by atoms with E-state index in [4.69, 9.17) is 4.74 Å². The summed E-state index contributed by atoms with van der Waals surface area (Å²) in [7, 11) is 1.69. The fourth-order valence-corrected chi connectivity index (χ4v) is 3.31. The van der Waals surface area contributed by atoms with E-state index in [0.717, 1.165) is 11.1 Å². The molecule has 3 rings (SSSR count). The number of amides is 1. The topological polar surface area (TPSA) is 99.3 Å². The second-order valence-corrected chi connectivity index (χ2v) is 7.21. The maximum atomic E-state index is 12.5. The highest BCUT2D eigenvalue weighted by Gasteiger charge is 2.17. The standard InChI is InChI=1S/C19H17BrN4O4/c1-11-4-12(2)6-15(5-11)28-16-8-13(7-14(9-16)24(26)27)21-19(25)18-17(20)10-23(3)22-18/h4-10H,1-3H3,(H,21,25). The van der Waals surface area contributed by atoms with E-state index in [2.05, 4.69) is 26.3 Å². The molecule has 0 aliphatic heterocycles. The number of aromatic nitrogens is 2. The SMILES string of the molecule is Cc1cc(C)cc(Oc2cc(NC(=O)c3nn(C)cc3Br)cc([N+](=O)[O-])c2)c1. The lowest BCUT2D eigenvalue weighted by atomic mass is 10.1. The number of rotatable bonds is 5. The average Bonchev–Trinajstić information content (AvgIpc) is 2.92. The molecular weight excluding hydrogens is 428 g/mol. The van der Waals surface area contributed by atoms with E-state index in [1.807, 2.05) is 32.0 Å². The third-order valence-corrected chi connectivity index (χ3v) is 4.37. The third-order valence-electron chi connectivity index (χ3n) is 3.79. The summed E-state index contributed by atoms with van der Waals surface area (Å²) in [6, 6.07) is 9.76. The Bertz CT molecular complexity index is 1060. The molecule has 8 nitrogen and oxygen atoms in total. The number of carbonyl (C=O) groups excluding carboxylic acids is 1. The maximum absolute atomic E-state index is 12.5. The molecule has 0 aliphatic carbocycles. The predicted octanol–water partition coefficient (Wildman–Crippen LogP) is 4.75. The first-order chi connectivity index (χ1) is 13.2. The molecule has 9 heteroatoms. The molecule has 0 spiro atoms. The van der Waals surface area contributed by atoms with Crippen molar-refractivity contribution < 1.29 is 14.5 Å². The molecule has 0 bridgehead atoms. The van der Waals surface area contributed by atoms with Crippen molar-refractivity contribution in [1.29, 1.82) is 0 Å². The van der Waals surface area contributed by atoms with E-state index in [9.17, 15) is 14.9 Å². The van der Waals surface area contributed by atoms with Gasteiger partial charge in [-0.25, -0.2) is 0 Å². The Morgan fingerprint density at radius 3 is 2.36 bits per heavy atom. The molecular formula is C19H17BrN4O4. The molecule has 3 aromatic rings. The van der Waals surface area contributed by atoms with Gasteiger partial charge in [-0.3, -0.25) is 19.6 Å². The van der Waals surface area contributed by atoms with Crippen LogP contribution in [0, 0.1) is 24.0 Å². The Kier molecular flexibility index (Phi) is 5.46. The summed E-state index contributed by atoms with van der Waals surface area (Å²) in [4.78, 5) is 23.2. The molecule has 1 heterocycles. The summed E-state index contributed by atoms with van der Waals surface area (Å²) in [5.41, 5.74) is 2.22. The van der Waals surface area contributed by atoms with Gasteiger partial charge in [0.15, 0.2) is 5.69 Å². The first-order valence-corrected chi connectivity index (χ1v) is 9.06. The minimum atomic E-state index is -0.541. The van der Waals surface area contributed by atoms with Gasteiger partial charge < -0.3 is 10.1 Å². The second kappa shape index (κ2) is 7.81. The van der Waals surface area contributed by atoms with Gasteiger partial charge in [0.2, 0.25) is 0 Å². The fraction of sp³-hybridized carbons (Fsp3) is 0.158. The number of non-ortho nitro benzene ring substituents is 1. The molecule has 1 N–H and O–H groups in total. The van der Waals surface area contributed by atoms with Gasteiger partial charge in [-0.1, -0.05) is 6.07 Å². The molecule has 28 heavy (non-hydrogen) atoms. The van der Waals surface area contributed by atoms with Crippen molar-refractivity contribution in [3.63, 3.8) is 0 Å². The Labute approximate surface area is 169 Å². The van der Waals surface area contributed by atoms with Crippen molar-refractivity contribution in [3.05, 3.63) is 74.0 Å². The zero-order valence-corrected chi connectivity index (χ0v) is 17.0. The average molecular weight is 445 g/mol. The van der Waals surface area contributed by atoms with E-state index >= 15 is 0 Å². The zero-order chi connectivity index (χ0) is 20.4. The van der Waals surface area contributed by atoms with Gasteiger partial charge in [-0.05, 0) is 53.0 Å². The highest BCUT2D eigenvalue weighted by atomic mass is 79.9. The van der Waals surface area contributed by atoms with Crippen LogP contribution in [-0.2, 0) is 7.05 Å². The van der Waals surface area contributed by atoms with Crippen LogP contribution in [0.15, 0.2) is 47.1 Å². The van der Waals surface area contributed by atoms with Gasteiger partial charge in [0.25, 0.3) is 11.6 Å². The van der Waals surface area contributed by atoms with Crippen LogP contribution in [0.25, 0.3) is 0 Å². The number of anilines is 1. The minimum absolute atomic E-state index is 0.172. The van der Waals surface area contributed by atoms with Crippen molar-refractivity contribution in [2.45, 2.75) is 13.8 Å². The van der Waals surface area contributed by atoms with Crippen LogP contribution in [0.2, 0.25) is 0 Å². The highest BCUT2D eigenvalue weighted by molar-refractivity contribution is 9.10. The number of halogens is 1. The Morgan fingerprint density at radius 2 is 1.79 bits per heavy atom. The number of nitrogens with one attached hydrogen (secondary N) is 1. The van der Waals surface area contributed by atoms with Crippen LogP contribution >= 0.6 is 15.9 Å². The Morgan fingerprint density at radius 1 is 1.14 bits per heavy atom. The second-order valence-electron chi connectivity index (χ2n) is 6.35. The predicted molar refractivity (Wildman–Crippen MR) is 108 cm³/mol. The van der Waals surface area contributed by atoms with Crippen LogP contribution in [0.4, 0.5) is 11.4 Å². The lowest BCUT2D eigenvalue weighted by Gasteiger charge is -2.10. The van der Waals surface area contributed by atoms with E-state index in [-0.39, 0.29) is 22.8 Å². The summed E-state index contributed by atoms with van der Waals surface area (Å²) in [5.74, 6) is 0.308. The van der Waals surface area contributed by atoms with Gasteiger partial charge in [-0.15, -0.1) is 0 Å². The maximum Gasteiger partial charge on any atom is 0.277 e. The lowest BCUT2D eigenvalue weighted by molar-refractivity contribution is -0.384. The van der Waals surface area contributed by atoms with Gasteiger partial charge in [0.05, 0.1) is 21.1 Å². The van der Waals surface area contributed by atoms with Crippen LogP contribution in [0.1, 0.15) is 21.6 Å². The largest absolute Gasteiger partial charge is 0.457 e. The summed E-state index contributed by atoms with van der Waals surface area (Å²) < 4.78 is 7.81. The third kappa shape index (κ3) is 4.55. The Hall–Kier alpha value is -3.20. The minimum Gasteiger partial charge on any atom is -0.457 e. The molecule has 1 amide bonds. The van der Waals surface area contributed by atoms with Gasteiger partial charge in [0, 0.05) is 25.4 Å². The van der Waals surface area contributed by atoms with Crippen molar-refractivity contribution in [2.75, 3.05) is 5.32 Å². The summed E-state index contributed by atoms with van der Waals surface area (Å²) >= 11 is 3.26. The summed E-state index contributed by atoms with van der Waals surface area (Å²) in [6.45, 7) is 3.87. The number of nitro groups is 1. The number of hydrogen-bond acceptors (Lipinski definition) is 5. The first-order valence-electron chi connectivity index (χ1n) is 8.27. The molecule has 0 saturated heterocycles. The number of nitro benzene ring substituents is 1. The summed E-state index contributed by atoms with van der Waals surface area (Å²) in [6.07, 6.45) is 1.64. The number of nitrogens with zero attached hydrogens (tertiary/aromatic N) is 3. The van der Waals surface area contributed by atoms with E-state index in [1.165, 1.54) is 22.9 Å². The van der Waals surface area contributed by atoms with E-state index in [1.54, 1.807) is 13.2 Å². The quantitative estimate of drug-likeness (QED) is 0.451. The molecule has 0 saturated carbocycles. The first kappa shape index (κ1) is 19.6. The van der Waals surface area contributed by atoms with Crippen molar-refractivity contribution in [2.24, 2.45) is 7.05 Å². The van der Waals surface area contributed by atoms with Crippen LogP contribution in [-0.4, -0.2) is 20.6 Å². The lowest BCUT2D eigenvalue weighted by Crippen LogP contribution is -2.13. The molecule has 0 fully saturated rings. The normalized spacial score (nSPS) is 10.6. The van der Waals surface area contributed by atoms with Gasteiger partial charge >= 0.3 is 0 Å². The fourth-order valence-electron chi connectivity index (χ4n) is 2.75.